The van der Waals surface area contributed by atoms with Gasteiger partial charge in [-0.05, 0) is 46.2 Å². The van der Waals surface area contributed by atoms with E-state index in [1.165, 1.54) is 32.6 Å². The Morgan fingerprint density at radius 1 is 1.02 bits per heavy atom. The number of fused-ring (bicyclic) bond motifs is 1. The highest BCUT2D eigenvalue weighted by Gasteiger charge is 2.39. The Balaban J connectivity index is 2.31. The Kier molecular flexibility index (Phi) is 9.66. The number of hydrogen-bond acceptors (Lipinski definition) is 9. The van der Waals surface area contributed by atoms with Gasteiger partial charge in [-0.1, -0.05) is 18.2 Å². The lowest BCUT2D eigenvalue weighted by Gasteiger charge is -2.33. The van der Waals surface area contributed by atoms with Gasteiger partial charge in [-0.25, -0.2) is 24.8 Å². The number of hydrazone groups is 1. The van der Waals surface area contributed by atoms with E-state index in [2.05, 4.69) is 20.2 Å². The van der Waals surface area contributed by atoms with Gasteiger partial charge in [0.15, 0.2) is 11.8 Å². The van der Waals surface area contributed by atoms with Gasteiger partial charge in [-0.15, -0.1) is 0 Å². The molecular weight excluding hydrogens is 534 g/mol. The number of amides is 2. The van der Waals surface area contributed by atoms with Crippen molar-refractivity contribution < 1.29 is 38.2 Å². The highest BCUT2D eigenvalue weighted by atomic mass is 16.5. The number of ether oxygens (including phenoxy) is 3. The molecule has 0 aliphatic carbocycles. The van der Waals surface area contributed by atoms with Gasteiger partial charge in [0.05, 0.1) is 49.8 Å². The van der Waals surface area contributed by atoms with E-state index in [0.29, 0.717) is 5.56 Å². The van der Waals surface area contributed by atoms with E-state index in [-0.39, 0.29) is 41.3 Å². The summed E-state index contributed by atoms with van der Waals surface area (Å²) in [5, 5.41) is 5.85. The van der Waals surface area contributed by atoms with E-state index in [1.807, 2.05) is 24.3 Å². The first-order valence-corrected chi connectivity index (χ1v) is 12.7. The molecule has 2 N–H and O–H groups in total. The topological polar surface area (TPSA) is 161 Å². The largest absolute Gasteiger partial charge is 0.465 e. The minimum absolute atomic E-state index is 0.0206. The summed E-state index contributed by atoms with van der Waals surface area (Å²) in [4.78, 5) is 68.1. The van der Waals surface area contributed by atoms with Gasteiger partial charge in [-0.2, -0.15) is 5.10 Å². The second-order valence-electron chi connectivity index (χ2n) is 9.07. The van der Waals surface area contributed by atoms with Crippen LogP contribution >= 0.6 is 0 Å². The van der Waals surface area contributed by atoms with Gasteiger partial charge < -0.3 is 19.2 Å². The van der Waals surface area contributed by atoms with E-state index in [0.717, 1.165) is 23.0 Å². The molecule has 3 rings (SSSR count). The van der Waals surface area contributed by atoms with E-state index in [9.17, 15) is 24.0 Å². The quantitative estimate of drug-likeness (QED) is 0.124. The molecule has 0 radical (unpaired) electrons. The third kappa shape index (κ3) is 6.13. The molecule has 13 heteroatoms. The lowest BCUT2D eigenvalue weighted by molar-refractivity contribution is -0.144. The molecule has 0 bridgehead atoms. The number of methoxy groups -OCH3 is 2. The smallest absolute Gasteiger partial charge is 0.427 e. The molecule has 1 aromatic carbocycles. The lowest BCUT2D eigenvalue weighted by atomic mass is 10.1. The van der Waals surface area contributed by atoms with Gasteiger partial charge >= 0.3 is 18.0 Å². The summed E-state index contributed by atoms with van der Waals surface area (Å²) in [6.07, 6.45) is 0.608. The fraction of sp³-hybridized carbons (Fsp3) is 0.357. The van der Waals surface area contributed by atoms with Crippen molar-refractivity contribution in [2.24, 2.45) is 5.10 Å². The Bertz CT molecular complexity index is 1530. The maximum atomic E-state index is 14.3. The van der Waals surface area contributed by atoms with Crippen LogP contribution in [0.15, 0.2) is 35.6 Å². The van der Waals surface area contributed by atoms with E-state index in [4.69, 9.17) is 9.47 Å². The molecule has 0 saturated carbocycles. The van der Waals surface area contributed by atoms with Crippen LogP contribution in [0.5, 0.6) is 0 Å². The highest BCUT2D eigenvalue weighted by Crippen LogP contribution is 2.27. The van der Waals surface area contributed by atoms with Gasteiger partial charge in [0.1, 0.15) is 0 Å². The normalized spacial score (nSPS) is 12.0. The van der Waals surface area contributed by atoms with Crippen LogP contribution in [0, 0.1) is 13.8 Å². The highest BCUT2D eigenvalue weighted by molar-refractivity contribution is 6.13. The molecule has 13 nitrogen and oxygen atoms in total. The SMILES string of the molecule is CCOC(=O)C(/C(C)=N/NC(=O)OC)N(C(=O)Cc1c[nH]c2ccccc12)n1c(C)c(C(C)=O)c(C(=O)OC)c1C. The fourth-order valence-electron chi connectivity index (χ4n) is 4.73. The molecule has 0 spiro atoms. The van der Waals surface area contributed by atoms with Crippen LogP contribution in [0.2, 0.25) is 0 Å². The average molecular weight is 568 g/mol. The molecule has 0 aliphatic rings. The summed E-state index contributed by atoms with van der Waals surface area (Å²) < 4.78 is 16.1. The molecule has 0 saturated heterocycles. The lowest BCUT2D eigenvalue weighted by Crippen LogP contribution is -2.57. The summed E-state index contributed by atoms with van der Waals surface area (Å²) >= 11 is 0. The maximum Gasteiger partial charge on any atom is 0.427 e. The number of hydrogen-bond donors (Lipinski definition) is 2. The first-order valence-electron chi connectivity index (χ1n) is 12.7. The second-order valence-corrected chi connectivity index (χ2v) is 9.07. The number of nitrogens with one attached hydrogen (secondary N) is 2. The van der Waals surface area contributed by atoms with Gasteiger partial charge in [-0.3, -0.25) is 14.3 Å². The Hall–Kier alpha value is -4.94. The van der Waals surface area contributed by atoms with Crippen LogP contribution in [0.4, 0.5) is 4.79 Å². The molecule has 1 unspecified atom stereocenters. The van der Waals surface area contributed by atoms with E-state index < -0.39 is 35.8 Å². The van der Waals surface area contributed by atoms with Crippen LogP contribution in [0.1, 0.15) is 58.4 Å². The van der Waals surface area contributed by atoms with Crippen LogP contribution in [0.3, 0.4) is 0 Å². The van der Waals surface area contributed by atoms with Crippen LogP contribution in [-0.4, -0.2) is 72.0 Å². The standard InChI is InChI=1S/C28H33N5O8/c1-8-41-27(37)25(15(2)30-31-28(38)40-7)33(22(35)13-19-14-29-21-12-10-9-11-20(19)21)32-16(3)23(18(5)34)24(17(32)4)26(36)39-6/h9-12,14,25,29H,8,13H2,1-7H3,(H,31,38)/b30-15+. The first kappa shape index (κ1) is 30.6. The zero-order chi connectivity index (χ0) is 30.4. The number of aromatic nitrogens is 2. The Labute approximate surface area is 236 Å². The van der Waals surface area contributed by atoms with Crippen LogP contribution < -0.4 is 10.4 Å². The molecule has 2 aromatic heterocycles. The minimum Gasteiger partial charge on any atom is -0.465 e. The Morgan fingerprint density at radius 2 is 1.68 bits per heavy atom. The van der Waals surface area contributed by atoms with Crippen molar-refractivity contribution in [3.05, 3.63) is 58.5 Å². The predicted octanol–water partition coefficient (Wildman–Crippen LogP) is 2.95. The van der Waals surface area contributed by atoms with Crippen molar-refractivity contribution in [2.45, 2.75) is 47.1 Å². The molecule has 3 aromatic rings. The van der Waals surface area contributed by atoms with E-state index in [1.54, 1.807) is 20.0 Å². The van der Waals surface area contributed by atoms with Crippen molar-refractivity contribution in [1.82, 2.24) is 15.1 Å². The third-order valence-electron chi connectivity index (χ3n) is 6.50. The van der Waals surface area contributed by atoms with Crippen LogP contribution in [0.25, 0.3) is 10.9 Å². The number of Topliss-reactive ketones (excluding diaryl/α,β-unsaturated/α-hetero) is 1. The molecule has 2 heterocycles. The van der Waals surface area contributed by atoms with Crippen molar-refractivity contribution in [3.63, 3.8) is 0 Å². The third-order valence-corrected chi connectivity index (χ3v) is 6.50. The van der Waals surface area contributed by atoms with Crippen LogP contribution in [-0.2, 0) is 30.2 Å². The monoisotopic (exact) mass is 567 g/mol. The maximum absolute atomic E-state index is 14.3. The number of para-hydroxylation sites is 1. The molecule has 41 heavy (non-hydrogen) atoms. The average Bonchev–Trinajstić information content (AvgIpc) is 3.47. The number of esters is 2. The number of carbonyl (C=O) groups excluding carboxylic acids is 5. The second kappa shape index (κ2) is 12.9. The minimum atomic E-state index is -1.51. The summed E-state index contributed by atoms with van der Waals surface area (Å²) in [5.74, 6) is -2.68. The Morgan fingerprint density at radius 3 is 2.29 bits per heavy atom. The molecule has 218 valence electrons. The molecule has 0 aliphatic heterocycles. The summed E-state index contributed by atoms with van der Waals surface area (Å²) in [6.45, 7) is 7.36. The van der Waals surface area contributed by atoms with Gasteiger partial charge in [0.25, 0.3) is 0 Å². The summed E-state index contributed by atoms with van der Waals surface area (Å²) in [7, 11) is 2.32. The van der Waals surface area contributed by atoms with Gasteiger partial charge in [0, 0.05) is 22.8 Å². The number of aromatic amines is 1. The number of ketones is 1. The molecule has 2 amide bonds. The van der Waals surface area contributed by atoms with Crippen molar-refractivity contribution in [3.8, 4) is 0 Å². The summed E-state index contributed by atoms with van der Waals surface area (Å²) in [6, 6.07) is 5.89. The number of carbonyl (C=O) groups is 5. The molecular formula is C28H33N5O8. The number of H-pyrrole nitrogens is 1. The number of nitrogens with zero attached hydrogens (tertiary/aromatic N) is 3. The van der Waals surface area contributed by atoms with Gasteiger partial charge in [0.2, 0.25) is 5.91 Å². The van der Waals surface area contributed by atoms with Crippen molar-refractivity contribution in [2.75, 3.05) is 25.8 Å². The number of benzene rings is 1. The predicted molar refractivity (Wildman–Crippen MR) is 150 cm³/mol. The van der Waals surface area contributed by atoms with E-state index >= 15 is 0 Å². The number of rotatable bonds is 10. The van der Waals surface area contributed by atoms with Crippen molar-refractivity contribution >= 4 is 46.3 Å². The van der Waals surface area contributed by atoms with Crippen molar-refractivity contribution in [1.29, 1.82) is 0 Å². The summed E-state index contributed by atoms with van der Waals surface area (Å²) in [5.41, 5.74) is 3.95. The molecule has 1 atom stereocenters. The zero-order valence-corrected chi connectivity index (χ0v) is 24.0. The molecule has 0 fully saturated rings. The fourth-order valence-corrected chi connectivity index (χ4v) is 4.73. The first-order chi connectivity index (χ1) is 19.5. The zero-order valence-electron chi connectivity index (χ0n) is 24.0.